The van der Waals surface area contributed by atoms with Gasteiger partial charge in [-0.25, -0.2) is 0 Å². The molecule has 0 amide bonds. The van der Waals surface area contributed by atoms with Crippen molar-refractivity contribution in [2.45, 2.75) is 66.2 Å². The SMILES string of the molecule is CC(C)C1=C[C@@]23CC[C@@H]4[C@](C)(CCC[C@@]4(C)C(=O)O)[C@H]2C[C@@H]1[C@H](C(=O)O)[C@H]3C(=O)O. The summed E-state index contributed by atoms with van der Waals surface area (Å²) in [5.41, 5.74) is -0.709. The lowest BCUT2D eigenvalue weighted by Gasteiger charge is -2.68. The highest BCUT2D eigenvalue weighted by Gasteiger charge is 2.71. The molecule has 0 aromatic carbocycles. The Morgan fingerprint density at radius 2 is 1.67 bits per heavy atom. The van der Waals surface area contributed by atoms with Crippen LogP contribution in [0.15, 0.2) is 11.6 Å². The van der Waals surface area contributed by atoms with Gasteiger partial charge in [0.2, 0.25) is 0 Å². The lowest BCUT2D eigenvalue weighted by Crippen LogP contribution is -2.66. The summed E-state index contributed by atoms with van der Waals surface area (Å²) in [5.74, 6) is -4.76. The number of allylic oxidation sites excluding steroid dienone is 2. The summed E-state index contributed by atoms with van der Waals surface area (Å²) in [6, 6.07) is 0. The number of hydrogen-bond donors (Lipinski definition) is 3. The first kappa shape index (κ1) is 21.4. The highest BCUT2D eigenvalue weighted by atomic mass is 16.4. The Bertz CT molecular complexity index is 830. The van der Waals surface area contributed by atoms with Gasteiger partial charge < -0.3 is 15.3 Å². The quantitative estimate of drug-likeness (QED) is 0.587. The lowest BCUT2D eigenvalue weighted by atomic mass is 9.34. The van der Waals surface area contributed by atoms with Crippen molar-refractivity contribution in [3.8, 4) is 0 Å². The van der Waals surface area contributed by atoms with Crippen molar-refractivity contribution < 1.29 is 29.7 Å². The van der Waals surface area contributed by atoms with Gasteiger partial charge in [-0.15, -0.1) is 0 Å². The average Bonchev–Trinajstić information content (AvgIpc) is 2.65. The summed E-state index contributed by atoms with van der Waals surface area (Å²) in [6.45, 7) is 8.15. The van der Waals surface area contributed by atoms with E-state index in [9.17, 15) is 29.7 Å². The number of carbonyl (C=O) groups is 3. The summed E-state index contributed by atoms with van der Waals surface area (Å²) in [6.07, 6.45) is 6.36. The molecule has 3 fully saturated rings. The van der Waals surface area contributed by atoms with Crippen LogP contribution in [0.4, 0.5) is 0 Å². The Balaban J connectivity index is 1.89. The maximum Gasteiger partial charge on any atom is 0.309 e. The fourth-order valence-electron chi connectivity index (χ4n) is 8.56. The van der Waals surface area contributed by atoms with Gasteiger partial charge in [0.1, 0.15) is 0 Å². The van der Waals surface area contributed by atoms with Crippen LogP contribution in [0.5, 0.6) is 0 Å². The second-order valence-corrected chi connectivity index (χ2v) is 11.2. The third-order valence-corrected chi connectivity index (χ3v) is 9.72. The highest BCUT2D eigenvalue weighted by molar-refractivity contribution is 5.83. The van der Waals surface area contributed by atoms with Crippen molar-refractivity contribution in [2.24, 2.45) is 51.8 Å². The van der Waals surface area contributed by atoms with Crippen molar-refractivity contribution >= 4 is 17.9 Å². The summed E-state index contributed by atoms with van der Waals surface area (Å²) >= 11 is 0. The van der Waals surface area contributed by atoms with Gasteiger partial charge >= 0.3 is 17.9 Å². The van der Waals surface area contributed by atoms with Crippen LogP contribution in [0, 0.1) is 51.8 Å². The number of aliphatic carboxylic acids is 3. The molecular formula is C24H34O6. The zero-order chi connectivity index (χ0) is 22.2. The molecule has 0 aromatic heterocycles. The first-order valence-electron chi connectivity index (χ1n) is 11.3. The van der Waals surface area contributed by atoms with Gasteiger partial charge in [-0.2, -0.15) is 0 Å². The van der Waals surface area contributed by atoms with Crippen molar-refractivity contribution in [1.82, 2.24) is 0 Å². The first-order chi connectivity index (χ1) is 13.9. The number of carboxylic acids is 3. The molecule has 2 bridgehead atoms. The normalized spacial score (nSPS) is 47.2. The minimum absolute atomic E-state index is 0.00641. The molecule has 3 saturated carbocycles. The molecule has 0 unspecified atom stereocenters. The molecule has 0 saturated heterocycles. The van der Waals surface area contributed by atoms with Gasteiger partial charge in [-0.1, -0.05) is 38.8 Å². The van der Waals surface area contributed by atoms with E-state index in [2.05, 4.69) is 26.8 Å². The van der Waals surface area contributed by atoms with Crippen LogP contribution in [0.2, 0.25) is 0 Å². The number of rotatable bonds is 4. The van der Waals surface area contributed by atoms with E-state index in [0.29, 0.717) is 25.7 Å². The third kappa shape index (κ3) is 2.51. The minimum atomic E-state index is -1.02. The van der Waals surface area contributed by atoms with Crippen LogP contribution in [0.1, 0.15) is 66.2 Å². The van der Waals surface area contributed by atoms with E-state index in [-0.39, 0.29) is 29.1 Å². The number of carboxylic acid groups (broad SMARTS) is 3. The smallest absolute Gasteiger partial charge is 0.309 e. The van der Waals surface area contributed by atoms with Gasteiger partial charge in [-0.05, 0) is 68.1 Å². The molecule has 30 heavy (non-hydrogen) atoms. The Labute approximate surface area is 177 Å². The first-order valence-corrected chi connectivity index (χ1v) is 11.3. The fourth-order valence-corrected chi connectivity index (χ4v) is 8.56. The Kier molecular flexibility index (Phi) is 4.68. The Morgan fingerprint density at radius 3 is 2.20 bits per heavy atom. The topological polar surface area (TPSA) is 112 Å². The van der Waals surface area contributed by atoms with Crippen molar-refractivity contribution in [3.05, 3.63) is 11.6 Å². The summed E-state index contributed by atoms with van der Waals surface area (Å²) < 4.78 is 0. The second kappa shape index (κ2) is 6.57. The monoisotopic (exact) mass is 418 g/mol. The maximum atomic E-state index is 12.5. The average molecular weight is 419 g/mol. The molecular weight excluding hydrogens is 384 g/mol. The third-order valence-electron chi connectivity index (χ3n) is 9.72. The summed E-state index contributed by atoms with van der Waals surface area (Å²) in [4.78, 5) is 37.0. The van der Waals surface area contributed by atoms with Crippen LogP contribution in [-0.2, 0) is 14.4 Å². The maximum absolute atomic E-state index is 12.5. The molecule has 5 aliphatic carbocycles. The van der Waals surface area contributed by atoms with Crippen LogP contribution in [0.3, 0.4) is 0 Å². The predicted octanol–water partition coefficient (Wildman–Crippen LogP) is 4.30. The van der Waals surface area contributed by atoms with Gasteiger partial charge in [0.15, 0.2) is 0 Å². The Morgan fingerprint density at radius 1 is 1.00 bits per heavy atom. The van der Waals surface area contributed by atoms with E-state index in [1.807, 2.05) is 6.92 Å². The molecule has 0 aromatic rings. The van der Waals surface area contributed by atoms with Gasteiger partial charge in [0, 0.05) is 5.41 Å². The van der Waals surface area contributed by atoms with Gasteiger partial charge in [0.05, 0.1) is 17.3 Å². The van der Waals surface area contributed by atoms with E-state index in [4.69, 9.17) is 0 Å². The van der Waals surface area contributed by atoms with E-state index >= 15 is 0 Å². The summed E-state index contributed by atoms with van der Waals surface area (Å²) in [7, 11) is 0. The van der Waals surface area contributed by atoms with Crippen LogP contribution in [0.25, 0.3) is 0 Å². The zero-order valence-corrected chi connectivity index (χ0v) is 18.4. The molecule has 3 N–H and O–H groups in total. The predicted molar refractivity (Wildman–Crippen MR) is 110 cm³/mol. The summed E-state index contributed by atoms with van der Waals surface area (Å²) in [5, 5.41) is 30.3. The van der Waals surface area contributed by atoms with Gasteiger partial charge in [-0.3, -0.25) is 14.4 Å². The molecule has 6 nitrogen and oxygen atoms in total. The van der Waals surface area contributed by atoms with E-state index in [1.165, 1.54) is 0 Å². The van der Waals surface area contributed by atoms with Crippen molar-refractivity contribution in [3.63, 3.8) is 0 Å². The Hall–Kier alpha value is -1.85. The lowest BCUT2D eigenvalue weighted by molar-refractivity contribution is -0.207. The molecule has 5 aliphatic rings. The molecule has 166 valence electrons. The highest BCUT2D eigenvalue weighted by Crippen LogP contribution is 2.73. The minimum Gasteiger partial charge on any atom is -0.481 e. The molecule has 6 heteroatoms. The zero-order valence-electron chi connectivity index (χ0n) is 18.4. The molecule has 0 radical (unpaired) electrons. The van der Waals surface area contributed by atoms with Crippen molar-refractivity contribution in [2.75, 3.05) is 0 Å². The molecule has 5 rings (SSSR count). The van der Waals surface area contributed by atoms with Crippen molar-refractivity contribution in [1.29, 1.82) is 0 Å². The largest absolute Gasteiger partial charge is 0.481 e. The van der Waals surface area contributed by atoms with E-state index in [0.717, 1.165) is 18.4 Å². The molecule has 0 heterocycles. The fraction of sp³-hybridized carbons (Fsp3) is 0.792. The van der Waals surface area contributed by atoms with E-state index in [1.54, 1.807) is 0 Å². The van der Waals surface area contributed by atoms with Crippen LogP contribution >= 0.6 is 0 Å². The molecule has 1 spiro atoms. The van der Waals surface area contributed by atoms with Gasteiger partial charge in [0.25, 0.3) is 0 Å². The number of hydrogen-bond acceptors (Lipinski definition) is 3. The van der Waals surface area contributed by atoms with Crippen LogP contribution < -0.4 is 0 Å². The second-order valence-electron chi connectivity index (χ2n) is 11.2. The molecule has 8 atom stereocenters. The molecule has 0 aliphatic heterocycles. The van der Waals surface area contributed by atoms with E-state index < -0.39 is 40.6 Å². The standard InChI is InChI=1S/C24H34O6/c1-12(2)14-11-24-9-6-15-22(3,7-5-8-23(15,4)21(29)30)16(24)10-13(14)17(19(25)26)18(24)20(27)28/h11-13,15-18H,5-10H2,1-4H3,(H,25,26)(H,27,28)(H,29,30)/t13-,15+,16+,17-,18-,22-,23+,24-/m0/s1. The van der Waals surface area contributed by atoms with Crippen LogP contribution in [-0.4, -0.2) is 33.2 Å². The number of fused-ring (bicyclic) bond motifs is 2.